The summed E-state index contributed by atoms with van der Waals surface area (Å²) < 4.78 is 23.5. The van der Waals surface area contributed by atoms with Crippen LogP contribution >= 0.6 is 0 Å². The van der Waals surface area contributed by atoms with Crippen molar-refractivity contribution >= 4 is 11.6 Å². The van der Waals surface area contributed by atoms with Gasteiger partial charge in [-0.3, -0.25) is 4.79 Å². The van der Waals surface area contributed by atoms with E-state index in [1.54, 1.807) is 31.2 Å². The number of anilines is 1. The molecule has 0 saturated heterocycles. The number of ether oxygens (including phenoxy) is 1. The van der Waals surface area contributed by atoms with Gasteiger partial charge in [-0.2, -0.15) is 0 Å². The quantitative estimate of drug-likeness (QED) is 0.770. The number of pyridine rings is 1. The highest BCUT2D eigenvalue weighted by Crippen LogP contribution is 2.22. The maximum Gasteiger partial charge on any atom is 0.230 e. The summed E-state index contributed by atoms with van der Waals surface area (Å²) in [6.45, 7) is 1.73. The largest absolute Gasteiger partial charge is 0.481 e. The summed E-state index contributed by atoms with van der Waals surface area (Å²) in [6.07, 6.45) is 1.57. The second-order valence-corrected chi connectivity index (χ2v) is 5.34. The Morgan fingerprint density at radius 3 is 2.64 bits per heavy atom. The van der Waals surface area contributed by atoms with Crippen LogP contribution in [0.1, 0.15) is 11.5 Å². The van der Waals surface area contributed by atoms with Gasteiger partial charge in [0.1, 0.15) is 11.6 Å². The lowest BCUT2D eigenvalue weighted by Crippen LogP contribution is -2.15. The number of nitrogens with zero attached hydrogens (tertiary/aromatic N) is 2. The molecular formula is C18H16FN3O3. The zero-order valence-electron chi connectivity index (χ0n) is 13.7. The van der Waals surface area contributed by atoms with Crippen molar-refractivity contribution in [1.82, 2.24) is 9.97 Å². The van der Waals surface area contributed by atoms with Crippen molar-refractivity contribution in [3.05, 3.63) is 59.9 Å². The van der Waals surface area contributed by atoms with Gasteiger partial charge in [-0.05, 0) is 37.3 Å². The molecule has 0 radical (unpaired) electrons. The molecule has 0 bridgehead atoms. The van der Waals surface area contributed by atoms with Crippen molar-refractivity contribution in [2.45, 2.75) is 13.3 Å². The number of aryl methyl sites for hydroxylation is 1. The molecule has 3 aromatic rings. The predicted molar refractivity (Wildman–Crippen MR) is 89.8 cm³/mol. The summed E-state index contributed by atoms with van der Waals surface area (Å²) in [7, 11) is 1.52. The number of rotatable bonds is 5. The van der Waals surface area contributed by atoms with Crippen LogP contribution in [0.5, 0.6) is 5.88 Å². The van der Waals surface area contributed by atoms with Crippen molar-refractivity contribution in [1.29, 1.82) is 0 Å². The van der Waals surface area contributed by atoms with E-state index in [4.69, 9.17) is 9.15 Å². The fourth-order valence-corrected chi connectivity index (χ4v) is 2.24. The number of carbonyl (C=O) groups is 1. The number of hydrogen-bond acceptors (Lipinski definition) is 5. The molecule has 0 atom stereocenters. The summed E-state index contributed by atoms with van der Waals surface area (Å²) in [5.74, 6) is 0.789. The highest BCUT2D eigenvalue weighted by Gasteiger charge is 2.15. The number of benzene rings is 1. The number of nitrogens with one attached hydrogen (secondary N) is 1. The zero-order chi connectivity index (χ0) is 17.8. The predicted octanol–water partition coefficient (Wildman–Crippen LogP) is 3.37. The Morgan fingerprint density at radius 2 is 2.00 bits per heavy atom. The number of oxazole rings is 1. The van der Waals surface area contributed by atoms with Gasteiger partial charge in [-0.1, -0.05) is 0 Å². The number of amides is 1. The van der Waals surface area contributed by atoms with E-state index in [9.17, 15) is 9.18 Å². The molecule has 0 spiro atoms. The van der Waals surface area contributed by atoms with Crippen molar-refractivity contribution < 1.29 is 18.3 Å². The van der Waals surface area contributed by atoms with Crippen LogP contribution in [0.3, 0.4) is 0 Å². The third-order valence-corrected chi connectivity index (χ3v) is 3.54. The number of halogens is 1. The first kappa shape index (κ1) is 16.6. The Bertz CT molecular complexity index is 874. The lowest BCUT2D eigenvalue weighted by molar-refractivity contribution is -0.115. The van der Waals surface area contributed by atoms with Crippen molar-refractivity contribution in [3.8, 4) is 17.3 Å². The molecule has 0 unspecified atom stereocenters. The molecular weight excluding hydrogens is 325 g/mol. The molecule has 1 amide bonds. The minimum Gasteiger partial charge on any atom is -0.481 e. The van der Waals surface area contributed by atoms with E-state index in [0.29, 0.717) is 34.5 Å². The van der Waals surface area contributed by atoms with Gasteiger partial charge in [-0.25, -0.2) is 14.4 Å². The first-order valence-corrected chi connectivity index (χ1v) is 7.57. The lowest BCUT2D eigenvalue weighted by Gasteiger charge is -2.04. The van der Waals surface area contributed by atoms with E-state index in [1.165, 1.54) is 25.4 Å². The molecule has 3 rings (SSSR count). The van der Waals surface area contributed by atoms with Crippen LogP contribution in [0, 0.1) is 12.7 Å². The normalized spacial score (nSPS) is 10.5. The van der Waals surface area contributed by atoms with Gasteiger partial charge >= 0.3 is 0 Å². The van der Waals surface area contributed by atoms with Crippen LogP contribution in [0.15, 0.2) is 47.0 Å². The molecule has 0 aliphatic heterocycles. The Morgan fingerprint density at radius 1 is 1.24 bits per heavy atom. The second-order valence-electron chi connectivity index (χ2n) is 5.34. The molecule has 6 nitrogen and oxygen atoms in total. The highest BCUT2D eigenvalue weighted by atomic mass is 19.1. The fourth-order valence-electron chi connectivity index (χ4n) is 2.24. The van der Waals surface area contributed by atoms with Gasteiger partial charge in [0.2, 0.25) is 17.7 Å². The number of aromatic nitrogens is 2. The number of hydrogen-bond donors (Lipinski definition) is 1. The Hall–Kier alpha value is -3.22. The molecule has 0 aliphatic rings. The number of carbonyl (C=O) groups excluding carboxylic acids is 1. The van der Waals surface area contributed by atoms with Gasteiger partial charge in [0.25, 0.3) is 0 Å². The standard InChI is InChI=1S/C18H16FN3O3/c1-11-15(22-18(25-11)12-3-5-13(19)6-4-12)9-16(23)21-14-7-8-17(24-2)20-10-14/h3-8,10H,9H2,1-2H3,(H,21,23). The van der Waals surface area contributed by atoms with Crippen LogP contribution in [-0.4, -0.2) is 23.0 Å². The average Bonchev–Trinajstić information content (AvgIpc) is 2.96. The Labute approximate surface area is 143 Å². The van der Waals surface area contributed by atoms with E-state index in [0.717, 1.165) is 0 Å². The maximum atomic E-state index is 13.0. The number of methoxy groups -OCH3 is 1. The first-order chi connectivity index (χ1) is 12.0. The SMILES string of the molecule is COc1ccc(NC(=O)Cc2nc(-c3ccc(F)cc3)oc2C)cn1. The van der Waals surface area contributed by atoms with Crippen molar-refractivity contribution in [2.24, 2.45) is 0 Å². The topological polar surface area (TPSA) is 77.2 Å². The summed E-state index contributed by atoms with van der Waals surface area (Å²) in [6, 6.07) is 9.17. The van der Waals surface area contributed by atoms with Crippen molar-refractivity contribution in [3.63, 3.8) is 0 Å². The smallest absolute Gasteiger partial charge is 0.230 e. The van der Waals surface area contributed by atoms with Gasteiger partial charge in [-0.15, -0.1) is 0 Å². The minimum absolute atomic E-state index is 0.0581. The van der Waals surface area contributed by atoms with E-state index in [-0.39, 0.29) is 18.1 Å². The summed E-state index contributed by atoms with van der Waals surface area (Å²) in [5, 5.41) is 2.74. The molecule has 25 heavy (non-hydrogen) atoms. The van der Waals surface area contributed by atoms with Crippen LogP contribution in [0.4, 0.5) is 10.1 Å². The molecule has 128 valence electrons. The Kier molecular flexibility index (Phi) is 4.74. The third kappa shape index (κ3) is 4.00. The van der Waals surface area contributed by atoms with Gasteiger partial charge in [0, 0.05) is 11.6 Å². The van der Waals surface area contributed by atoms with Crippen molar-refractivity contribution in [2.75, 3.05) is 12.4 Å². The maximum absolute atomic E-state index is 13.0. The molecule has 2 heterocycles. The molecule has 2 aromatic heterocycles. The lowest BCUT2D eigenvalue weighted by atomic mass is 10.2. The van der Waals surface area contributed by atoms with E-state index in [2.05, 4.69) is 15.3 Å². The van der Waals surface area contributed by atoms with Crippen LogP contribution in [0.25, 0.3) is 11.5 Å². The van der Waals surface area contributed by atoms with Gasteiger partial charge in [0.05, 0.1) is 31.1 Å². The molecule has 0 saturated carbocycles. The first-order valence-electron chi connectivity index (χ1n) is 7.57. The summed E-state index contributed by atoms with van der Waals surface area (Å²) in [5.41, 5.74) is 1.74. The fraction of sp³-hybridized carbons (Fsp3) is 0.167. The van der Waals surface area contributed by atoms with E-state index < -0.39 is 0 Å². The van der Waals surface area contributed by atoms with Gasteiger partial charge < -0.3 is 14.5 Å². The average molecular weight is 341 g/mol. The van der Waals surface area contributed by atoms with Crippen LogP contribution in [-0.2, 0) is 11.2 Å². The Balaban J connectivity index is 1.69. The molecule has 0 aliphatic carbocycles. The highest BCUT2D eigenvalue weighted by molar-refractivity contribution is 5.92. The van der Waals surface area contributed by atoms with Crippen LogP contribution in [0.2, 0.25) is 0 Å². The molecule has 0 fully saturated rings. The van der Waals surface area contributed by atoms with Crippen LogP contribution < -0.4 is 10.1 Å². The summed E-state index contributed by atoms with van der Waals surface area (Å²) >= 11 is 0. The van der Waals surface area contributed by atoms with Gasteiger partial charge in [0.15, 0.2) is 0 Å². The zero-order valence-corrected chi connectivity index (χ0v) is 13.7. The molecule has 1 aromatic carbocycles. The molecule has 1 N–H and O–H groups in total. The third-order valence-electron chi connectivity index (χ3n) is 3.54. The second kappa shape index (κ2) is 7.12. The molecule has 7 heteroatoms. The minimum atomic E-state index is -0.334. The summed E-state index contributed by atoms with van der Waals surface area (Å²) in [4.78, 5) is 20.5. The monoisotopic (exact) mass is 341 g/mol. The van der Waals surface area contributed by atoms with E-state index >= 15 is 0 Å². The van der Waals surface area contributed by atoms with E-state index in [1.807, 2.05) is 0 Å².